The summed E-state index contributed by atoms with van der Waals surface area (Å²) in [6.45, 7) is 1.17. The van der Waals surface area contributed by atoms with E-state index in [4.69, 9.17) is 14.0 Å². The van der Waals surface area contributed by atoms with Gasteiger partial charge in [0.25, 0.3) is 0 Å². The molecule has 0 radical (unpaired) electrons. The first-order chi connectivity index (χ1) is 12.7. The third-order valence-corrected chi connectivity index (χ3v) is 3.82. The molecule has 138 valence electrons. The predicted molar refractivity (Wildman–Crippen MR) is 87.7 cm³/mol. The molecule has 1 N–H and O–H groups in total. The minimum atomic E-state index is -0.443. The molecular weight excluding hydrogens is 342 g/mol. The lowest BCUT2D eigenvalue weighted by Gasteiger charge is -2.08. The van der Waals surface area contributed by atoms with Crippen molar-refractivity contribution in [1.82, 2.24) is 15.5 Å². The van der Waals surface area contributed by atoms with E-state index < -0.39 is 11.9 Å². The van der Waals surface area contributed by atoms with Crippen molar-refractivity contribution in [2.75, 3.05) is 20.3 Å². The fraction of sp³-hybridized carbons (Fsp3) is 0.412. The largest absolute Gasteiger partial charge is 0.485 e. The van der Waals surface area contributed by atoms with Crippen LogP contribution in [0.4, 0.5) is 0 Å². The lowest BCUT2D eigenvalue weighted by molar-refractivity contribution is 0.0600. The van der Waals surface area contributed by atoms with Gasteiger partial charge in [0.2, 0.25) is 5.82 Å². The number of esters is 1. The van der Waals surface area contributed by atoms with Crippen LogP contribution in [0.3, 0.4) is 0 Å². The van der Waals surface area contributed by atoms with Gasteiger partial charge in [-0.15, -0.1) is 0 Å². The molecule has 0 spiro atoms. The number of methoxy groups -OCH3 is 1. The summed E-state index contributed by atoms with van der Waals surface area (Å²) in [5, 5.41) is 6.42. The summed E-state index contributed by atoms with van der Waals surface area (Å²) in [5.41, 5.74) is 0.421. The Hall–Kier alpha value is -2.94. The van der Waals surface area contributed by atoms with E-state index in [1.807, 2.05) is 0 Å². The molecular formula is C17H19N3O6. The summed E-state index contributed by atoms with van der Waals surface area (Å²) < 4.78 is 20.5. The van der Waals surface area contributed by atoms with Crippen LogP contribution >= 0.6 is 0 Å². The Bertz CT molecular complexity index is 752. The van der Waals surface area contributed by atoms with Crippen molar-refractivity contribution in [2.24, 2.45) is 0 Å². The number of carbonyl (C=O) groups is 2. The number of nitrogens with one attached hydrogen (secondary N) is 1. The molecule has 9 nitrogen and oxygen atoms in total. The Kier molecular flexibility index (Phi) is 5.80. The molecule has 0 bridgehead atoms. The van der Waals surface area contributed by atoms with E-state index in [9.17, 15) is 9.59 Å². The van der Waals surface area contributed by atoms with Crippen molar-refractivity contribution < 1.29 is 28.3 Å². The maximum absolute atomic E-state index is 12.0. The third-order valence-electron chi connectivity index (χ3n) is 3.82. The zero-order valence-corrected chi connectivity index (χ0v) is 14.3. The molecule has 1 saturated heterocycles. The van der Waals surface area contributed by atoms with E-state index in [2.05, 4.69) is 20.2 Å². The normalized spacial score (nSPS) is 16.3. The van der Waals surface area contributed by atoms with E-state index in [1.165, 1.54) is 7.11 Å². The number of carbonyl (C=O) groups excluding carboxylic acids is 2. The highest BCUT2D eigenvalue weighted by Gasteiger charge is 2.20. The van der Waals surface area contributed by atoms with Crippen LogP contribution < -0.4 is 10.1 Å². The van der Waals surface area contributed by atoms with Crippen molar-refractivity contribution in [3.8, 4) is 5.75 Å². The second-order valence-corrected chi connectivity index (χ2v) is 5.67. The van der Waals surface area contributed by atoms with Crippen molar-refractivity contribution in [2.45, 2.75) is 25.6 Å². The zero-order chi connectivity index (χ0) is 18.4. The molecule has 9 heteroatoms. The molecule has 26 heavy (non-hydrogen) atoms. The van der Waals surface area contributed by atoms with Crippen molar-refractivity contribution in [1.29, 1.82) is 0 Å². The first kappa shape index (κ1) is 17.9. The third kappa shape index (κ3) is 4.57. The highest BCUT2D eigenvalue weighted by molar-refractivity contribution is 5.89. The molecule has 1 aromatic carbocycles. The van der Waals surface area contributed by atoms with Gasteiger partial charge >= 0.3 is 17.8 Å². The maximum atomic E-state index is 12.0. The SMILES string of the molecule is COC(=O)c1ccc(OCc2noc(C(=O)NC[C@H]3CCCO3)n2)cc1. The van der Waals surface area contributed by atoms with Crippen LogP contribution in [0.2, 0.25) is 0 Å². The van der Waals surface area contributed by atoms with Crippen LogP contribution in [0.15, 0.2) is 28.8 Å². The van der Waals surface area contributed by atoms with Gasteiger partial charge in [0, 0.05) is 13.2 Å². The van der Waals surface area contributed by atoms with Gasteiger partial charge in [-0.1, -0.05) is 5.16 Å². The topological polar surface area (TPSA) is 113 Å². The Morgan fingerprint density at radius 1 is 1.31 bits per heavy atom. The van der Waals surface area contributed by atoms with E-state index >= 15 is 0 Å². The average Bonchev–Trinajstić information content (AvgIpc) is 3.36. The molecule has 2 heterocycles. The lowest BCUT2D eigenvalue weighted by Crippen LogP contribution is -2.31. The standard InChI is InChI=1S/C17H19N3O6/c1-23-17(22)11-4-6-12(7-5-11)25-10-14-19-16(26-20-14)15(21)18-9-13-3-2-8-24-13/h4-7,13H,2-3,8-10H2,1H3,(H,18,21)/t13-/m1/s1. The van der Waals surface area contributed by atoms with Gasteiger partial charge in [0.05, 0.1) is 18.8 Å². The van der Waals surface area contributed by atoms with Gasteiger partial charge in [-0.2, -0.15) is 4.98 Å². The summed E-state index contributed by atoms with van der Waals surface area (Å²) in [7, 11) is 1.32. The molecule has 3 rings (SSSR count). The molecule has 1 amide bonds. The highest BCUT2D eigenvalue weighted by atomic mass is 16.5. The smallest absolute Gasteiger partial charge is 0.337 e. The van der Waals surface area contributed by atoms with Crippen LogP contribution in [0, 0.1) is 0 Å². The number of ether oxygens (including phenoxy) is 3. The van der Waals surface area contributed by atoms with Gasteiger partial charge < -0.3 is 24.1 Å². The van der Waals surface area contributed by atoms with Crippen LogP contribution in [0.1, 0.15) is 39.7 Å². The lowest BCUT2D eigenvalue weighted by atomic mass is 10.2. The minimum absolute atomic E-state index is 0.0279. The quantitative estimate of drug-likeness (QED) is 0.735. The van der Waals surface area contributed by atoms with Gasteiger partial charge in [-0.3, -0.25) is 4.79 Å². The predicted octanol–water partition coefficient (Wildman–Crippen LogP) is 1.34. The van der Waals surface area contributed by atoms with Crippen LogP contribution in [0.5, 0.6) is 5.75 Å². The Morgan fingerprint density at radius 2 is 2.12 bits per heavy atom. The number of benzene rings is 1. The Morgan fingerprint density at radius 3 is 2.81 bits per heavy atom. The van der Waals surface area contributed by atoms with Crippen LogP contribution in [-0.2, 0) is 16.1 Å². The molecule has 1 aromatic heterocycles. The van der Waals surface area contributed by atoms with Gasteiger partial charge in [0.1, 0.15) is 5.75 Å². The van der Waals surface area contributed by atoms with Crippen molar-refractivity contribution in [3.63, 3.8) is 0 Å². The van der Waals surface area contributed by atoms with E-state index in [1.54, 1.807) is 24.3 Å². The number of hydrogen-bond acceptors (Lipinski definition) is 8. The fourth-order valence-electron chi connectivity index (χ4n) is 2.45. The first-order valence-corrected chi connectivity index (χ1v) is 8.19. The van der Waals surface area contributed by atoms with Gasteiger partial charge in [-0.25, -0.2) is 4.79 Å². The van der Waals surface area contributed by atoms with Gasteiger partial charge in [-0.05, 0) is 37.1 Å². The molecule has 2 aromatic rings. The molecule has 1 fully saturated rings. The fourth-order valence-corrected chi connectivity index (χ4v) is 2.45. The number of amides is 1. The first-order valence-electron chi connectivity index (χ1n) is 8.19. The number of nitrogens with zero attached hydrogens (tertiary/aromatic N) is 2. The Balaban J connectivity index is 1.48. The summed E-state index contributed by atoms with van der Waals surface area (Å²) in [6.07, 6.45) is 1.97. The summed E-state index contributed by atoms with van der Waals surface area (Å²) in [5.74, 6) is -0.228. The van der Waals surface area contributed by atoms with Gasteiger partial charge in [0.15, 0.2) is 6.61 Å². The van der Waals surface area contributed by atoms with E-state index in [0.29, 0.717) is 17.9 Å². The molecule has 1 aliphatic heterocycles. The van der Waals surface area contributed by atoms with Crippen LogP contribution in [-0.4, -0.2) is 48.4 Å². The average molecular weight is 361 g/mol. The summed E-state index contributed by atoms with van der Waals surface area (Å²) in [6, 6.07) is 6.42. The monoisotopic (exact) mass is 361 g/mol. The number of rotatable bonds is 7. The summed E-state index contributed by atoms with van der Waals surface area (Å²) >= 11 is 0. The van der Waals surface area contributed by atoms with E-state index in [-0.39, 0.29) is 24.4 Å². The maximum Gasteiger partial charge on any atom is 0.337 e. The molecule has 0 saturated carbocycles. The molecule has 1 aliphatic rings. The summed E-state index contributed by atoms with van der Waals surface area (Å²) in [4.78, 5) is 27.3. The second kappa shape index (κ2) is 8.43. The van der Waals surface area contributed by atoms with Crippen LogP contribution in [0.25, 0.3) is 0 Å². The molecule has 1 atom stereocenters. The molecule has 0 unspecified atom stereocenters. The highest BCUT2D eigenvalue weighted by Crippen LogP contribution is 2.14. The second-order valence-electron chi connectivity index (χ2n) is 5.67. The molecule has 0 aliphatic carbocycles. The Labute approximate surface area is 149 Å². The zero-order valence-electron chi connectivity index (χ0n) is 14.3. The van der Waals surface area contributed by atoms with Crippen molar-refractivity contribution >= 4 is 11.9 Å². The number of hydrogen-bond donors (Lipinski definition) is 1. The number of aromatic nitrogens is 2. The minimum Gasteiger partial charge on any atom is -0.485 e. The van der Waals surface area contributed by atoms with E-state index in [0.717, 1.165) is 19.4 Å². The van der Waals surface area contributed by atoms with Crippen molar-refractivity contribution in [3.05, 3.63) is 41.5 Å².